The summed E-state index contributed by atoms with van der Waals surface area (Å²) in [5, 5.41) is 19.5. The molecule has 0 spiro atoms. The van der Waals surface area contributed by atoms with Crippen molar-refractivity contribution in [2.45, 2.75) is 58.0 Å². The molecule has 2 aliphatic carbocycles. The summed E-state index contributed by atoms with van der Waals surface area (Å²) in [6.07, 6.45) is 6.31. The highest BCUT2D eigenvalue weighted by Gasteiger charge is 2.39. The molecule has 2 saturated carbocycles. The number of aromatic carboxylic acids is 1. The highest BCUT2D eigenvalue weighted by molar-refractivity contribution is 5.84. The van der Waals surface area contributed by atoms with E-state index in [0.29, 0.717) is 30.7 Å². The van der Waals surface area contributed by atoms with Crippen molar-refractivity contribution in [1.29, 1.82) is 0 Å². The molecule has 0 aromatic carbocycles. The van der Waals surface area contributed by atoms with Crippen molar-refractivity contribution >= 4 is 11.9 Å². The molecular formula is C16H24N4O3. The summed E-state index contributed by atoms with van der Waals surface area (Å²) in [6.45, 7) is 4.44. The topological polar surface area (TPSA) is 97.1 Å². The smallest absolute Gasteiger partial charge is 0.358 e. The van der Waals surface area contributed by atoms with Crippen LogP contribution in [0.25, 0.3) is 0 Å². The van der Waals surface area contributed by atoms with Gasteiger partial charge >= 0.3 is 5.97 Å². The van der Waals surface area contributed by atoms with E-state index in [-0.39, 0.29) is 23.6 Å². The lowest BCUT2D eigenvalue weighted by Crippen LogP contribution is -2.46. The Morgan fingerprint density at radius 1 is 1.35 bits per heavy atom. The molecule has 1 heterocycles. The number of carbonyl (C=O) groups excluding carboxylic acids is 1. The molecule has 2 fully saturated rings. The minimum Gasteiger partial charge on any atom is -0.476 e. The maximum Gasteiger partial charge on any atom is 0.358 e. The van der Waals surface area contributed by atoms with E-state index in [9.17, 15) is 9.59 Å². The molecule has 1 aromatic rings. The zero-order chi connectivity index (χ0) is 16.6. The number of amides is 1. The van der Waals surface area contributed by atoms with Gasteiger partial charge in [-0.2, -0.15) is 0 Å². The summed E-state index contributed by atoms with van der Waals surface area (Å²) >= 11 is 0. The van der Waals surface area contributed by atoms with Crippen molar-refractivity contribution in [2.24, 2.45) is 17.8 Å². The van der Waals surface area contributed by atoms with Gasteiger partial charge in [0.25, 0.3) is 0 Å². The zero-order valence-corrected chi connectivity index (χ0v) is 13.6. The molecule has 23 heavy (non-hydrogen) atoms. The number of carbonyl (C=O) groups is 2. The van der Waals surface area contributed by atoms with Gasteiger partial charge < -0.3 is 10.4 Å². The number of hydrogen-bond donors (Lipinski definition) is 2. The summed E-state index contributed by atoms with van der Waals surface area (Å²) in [4.78, 5) is 23.2. The van der Waals surface area contributed by atoms with Gasteiger partial charge in [0, 0.05) is 12.0 Å². The molecule has 2 N–H and O–H groups in total. The Labute approximate surface area is 135 Å². The van der Waals surface area contributed by atoms with Crippen LogP contribution in [-0.4, -0.2) is 38.0 Å². The standard InChI is InChI=1S/C16H24N4O3/c1-9(2)12-4-3-5-13(12)17-15(21)10-6-11(7-10)20-8-14(16(22)23)18-19-20/h8-13H,3-7H2,1-2H3,(H,17,21)(H,22,23)/t10?,11?,12-,13+/m0/s1. The van der Waals surface area contributed by atoms with Crippen LogP contribution in [-0.2, 0) is 4.79 Å². The van der Waals surface area contributed by atoms with Gasteiger partial charge in [-0.05, 0) is 37.5 Å². The van der Waals surface area contributed by atoms with E-state index in [1.165, 1.54) is 19.0 Å². The summed E-state index contributed by atoms with van der Waals surface area (Å²) in [7, 11) is 0. The van der Waals surface area contributed by atoms with Gasteiger partial charge in [-0.25, -0.2) is 9.48 Å². The second-order valence-corrected chi connectivity index (χ2v) is 7.16. The van der Waals surface area contributed by atoms with Crippen molar-refractivity contribution in [2.75, 3.05) is 0 Å². The van der Waals surface area contributed by atoms with Crippen LogP contribution in [0.15, 0.2) is 6.20 Å². The fraction of sp³-hybridized carbons (Fsp3) is 0.750. The largest absolute Gasteiger partial charge is 0.476 e. The van der Waals surface area contributed by atoms with Gasteiger partial charge in [0.1, 0.15) is 0 Å². The third-order valence-electron chi connectivity index (χ3n) is 5.34. The minimum absolute atomic E-state index is 0.00545. The van der Waals surface area contributed by atoms with E-state index in [0.717, 1.165) is 6.42 Å². The maximum absolute atomic E-state index is 12.4. The maximum atomic E-state index is 12.4. The molecular weight excluding hydrogens is 296 g/mol. The highest BCUT2D eigenvalue weighted by Crippen LogP contribution is 2.38. The third-order valence-corrected chi connectivity index (χ3v) is 5.34. The van der Waals surface area contributed by atoms with Crippen LogP contribution in [0.3, 0.4) is 0 Å². The van der Waals surface area contributed by atoms with Gasteiger partial charge in [0.05, 0.1) is 12.2 Å². The normalized spacial score (nSPS) is 30.2. The summed E-state index contributed by atoms with van der Waals surface area (Å²) < 4.78 is 1.57. The molecule has 0 bridgehead atoms. The number of hydrogen-bond acceptors (Lipinski definition) is 4. The van der Waals surface area contributed by atoms with E-state index in [1.54, 1.807) is 4.68 Å². The molecule has 1 amide bonds. The van der Waals surface area contributed by atoms with Crippen LogP contribution in [0.4, 0.5) is 0 Å². The van der Waals surface area contributed by atoms with Gasteiger partial charge in [-0.3, -0.25) is 4.79 Å². The molecule has 7 nitrogen and oxygen atoms in total. The number of rotatable bonds is 5. The van der Waals surface area contributed by atoms with Gasteiger partial charge in [0.2, 0.25) is 5.91 Å². The van der Waals surface area contributed by atoms with E-state index in [2.05, 4.69) is 29.5 Å². The number of aromatic nitrogens is 3. The summed E-state index contributed by atoms with van der Waals surface area (Å²) in [6, 6.07) is 0.391. The molecule has 0 aliphatic heterocycles. The van der Waals surface area contributed by atoms with Crippen LogP contribution >= 0.6 is 0 Å². The Bertz CT molecular complexity index is 592. The molecule has 2 atom stereocenters. The lowest BCUT2D eigenvalue weighted by Gasteiger charge is -2.35. The van der Waals surface area contributed by atoms with Crippen LogP contribution in [0, 0.1) is 17.8 Å². The van der Waals surface area contributed by atoms with Gasteiger partial charge in [-0.15, -0.1) is 5.10 Å². The lowest BCUT2D eigenvalue weighted by molar-refractivity contribution is -0.130. The van der Waals surface area contributed by atoms with Crippen molar-refractivity contribution in [3.05, 3.63) is 11.9 Å². The number of nitrogens with one attached hydrogen (secondary N) is 1. The van der Waals surface area contributed by atoms with E-state index in [4.69, 9.17) is 5.11 Å². The molecule has 0 radical (unpaired) electrons. The van der Waals surface area contributed by atoms with Crippen molar-refractivity contribution in [3.63, 3.8) is 0 Å². The molecule has 7 heteroatoms. The first-order valence-corrected chi connectivity index (χ1v) is 8.41. The van der Waals surface area contributed by atoms with E-state index in [1.807, 2.05) is 0 Å². The fourth-order valence-electron chi connectivity index (χ4n) is 3.84. The minimum atomic E-state index is -1.08. The Kier molecular flexibility index (Phi) is 4.37. The highest BCUT2D eigenvalue weighted by atomic mass is 16.4. The number of nitrogens with zero attached hydrogens (tertiary/aromatic N) is 3. The number of carboxylic acid groups (broad SMARTS) is 1. The van der Waals surface area contributed by atoms with Gasteiger partial charge in [-0.1, -0.05) is 25.5 Å². The third kappa shape index (κ3) is 3.23. The molecule has 0 saturated heterocycles. The summed E-state index contributed by atoms with van der Waals surface area (Å²) in [5.74, 6) is 0.249. The number of carboxylic acids is 1. The molecule has 126 valence electrons. The predicted molar refractivity (Wildman–Crippen MR) is 82.9 cm³/mol. The Morgan fingerprint density at radius 3 is 2.70 bits per heavy atom. The Balaban J connectivity index is 1.50. The van der Waals surface area contributed by atoms with Crippen molar-refractivity contribution in [1.82, 2.24) is 20.3 Å². The fourth-order valence-corrected chi connectivity index (χ4v) is 3.84. The van der Waals surface area contributed by atoms with Crippen LogP contribution in [0.1, 0.15) is 62.5 Å². The SMILES string of the molecule is CC(C)[C@@H]1CCC[C@H]1NC(=O)C1CC(n2cc(C(=O)O)nn2)C1. The molecule has 2 aliphatic rings. The van der Waals surface area contributed by atoms with E-state index >= 15 is 0 Å². The quantitative estimate of drug-likeness (QED) is 0.863. The lowest BCUT2D eigenvalue weighted by atomic mass is 9.79. The monoisotopic (exact) mass is 320 g/mol. The first-order chi connectivity index (χ1) is 11.0. The first-order valence-electron chi connectivity index (χ1n) is 8.41. The molecule has 1 aromatic heterocycles. The van der Waals surface area contributed by atoms with Gasteiger partial charge in [0.15, 0.2) is 5.69 Å². The van der Waals surface area contributed by atoms with Crippen LogP contribution in [0.2, 0.25) is 0 Å². The Morgan fingerprint density at radius 2 is 2.09 bits per heavy atom. The van der Waals surface area contributed by atoms with Crippen LogP contribution in [0.5, 0.6) is 0 Å². The second-order valence-electron chi connectivity index (χ2n) is 7.16. The van der Waals surface area contributed by atoms with Crippen LogP contribution < -0.4 is 5.32 Å². The molecule has 3 rings (SSSR count). The van der Waals surface area contributed by atoms with Crippen molar-refractivity contribution < 1.29 is 14.7 Å². The zero-order valence-electron chi connectivity index (χ0n) is 13.6. The average Bonchev–Trinajstić information content (AvgIpc) is 3.05. The predicted octanol–water partition coefficient (Wildman–Crippen LogP) is 1.87. The Hall–Kier alpha value is -1.92. The van der Waals surface area contributed by atoms with E-state index < -0.39 is 5.97 Å². The summed E-state index contributed by atoms with van der Waals surface area (Å²) in [5.41, 5.74) is -0.0522. The average molecular weight is 320 g/mol. The van der Waals surface area contributed by atoms with Crippen molar-refractivity contribution in [3.8, 4) is 0 Å². The first kappa shape index (κ1) is 16.0. The molecule has 0 unspecified atom stereocenters. The second kappa shape index (κ2) is 6.29.